The van der Waals surface area contributed by atoms with Crippen LogP contribution in [0.1, 0.15) is 33.6 Å². The molecule has 1 heterocycles. The van der Waals surface area contributed by atoms with E-state index in [-0.39, 0.29) is 24.0 Å². The van der Waals surface area contributed by atoms with Crippen molar-refractivity contribution in [1.82, 2.24) is 15.5 Å². The van der Waals surface area contributed by atoms with Crippen LogP contribution in [0.2, 0.25) is 0 Å². The van der Waals surface area contributed by atoms with Gasteiger partial charge in [0.25, 0.3) is 0 Å². The molecule has 6 heteroatoms. The largest absolute Gasteiger partial charge is 0.379 e. The van der Waals surface area contributed by atoms with E-state index in [1.165, 1.54) is 0 Å². The minimum atomic E-state index is 0. The van der Waals surface area contributed by atoms with E-state index in [1.54, 1.807) is 0 Å². The smallest absolute Gasteiger partial charge is 0.191 e. The maximum atomic E-state index is 5.47. The SMILES string of the molecule is CCNC(=NCC(C(C)C)N1CCOCC1)NC1CC=CC1.I. The quantitative estimate of drug-likeness (QED) is 0.290. The first-order valence-electron chi connectivity index (χ1n) is 8.72. The van der Waals surface area contributed by atoms with E-state index in [9.17, 15) is 0 Å². The first kappa shape index (κ1) is 20.7. The van der Waals surface area contributed by atoms with E-state index in [1.807, 2.05) is 0 Å². The van der Waals surface area contributed by atoms with Gasteiger partial charge in [-0.05, 0) is 25.7 Å². The number of hydrogen-bond acceptors (Lipinski definition) is 3. The van der Waals surface area contributed by atoms with Crippen LogP contribution in [0.5, 0.6) is 0 Å². The third-order valence-corrected chi connectivity index (χ3v) is 4.41. The summed E-state index contributed by atoms with van der Waals surface area (Å²) in [5, 5.41) is 6.92. The van der Waals surface area contributed by atoms with Gasteiger partial charge >= 0.3 is 0 Å². The highest BCUT2D eigenvalue weighted by Crippen LogP contribution is 2.14. The zero-order valence-electron chi connectivity index (χ0n) is 14.8. The predicted octanol–water partition coefficient (Wildman–Crippen LogP) is 2.23. The van der Waals surface area contributed by atoms with Crippen molar-refractivity contribution < 1.29 is 4.74 Å². The van der Waals surface area contributed by atoms with E-state index < -0.39 is 0 Å². The Morgan fingerprint density at radius 2 is 1.91 bits per heavy atom. The Hall–Kier alpha value is -0.340. The second kappa shape index (κ2) is 11.3. The molecule has 2 N–H and O–H groups in total. The van der Waals surface area contributed by atoms with E-state index in [0.29, 0.717) is 18.0 Å². The Bertz CT molecular complexity index is 373. The van der Waals surface area contributed by atoms with Gasteiger partial charge in [0.2, 0.25) is 0 Å². The number of halogens is 1. The van der Waals surface area contributed by atoms with Crippen LogP contribution in [-0.2, 0) is 4.74 Å². The van der Waals surface area contributed by atoms with Crippen LogP contribution >= 0.6 is 24.0 Å². The van der Waals surface area contributed by atoms with Gasteiger partial charge in [0, 0.05) is 31.7 Å². The first-order chi connectivity index (χ1) is 10.7. The van der Waals surface area contributed by atoms with Gasteiger partial charge in [-0.3, -0.25) is 9.89 Å². The second-order valence-corrected chi connectivity index (χ2v) is 6.46. The number of nitrogens with one attached hydrogen (secondary N) is 2. The predicted molar refractivity (Wildman–Crippen MR) is 108 cm³/mol. The zero-order chi connectivity index (χ0) is 15.8. The van der Waals surface area contributed by atoms with Crippen LogP contribution in [0, 0.1) is 5.92 Å². The van der Waals surface area contributed by atoms with E-state index in [0.717, 1.165) is 58.2 Å². The Morgan fingerprint density at radius 3 is 2.48 bits per heavy atom. The fraction of sp³-hybridized carbons (Fsp3) is 0.824. The molecule has 0 bridgehead atoms. The lowest BCUT2D eigenvalue weighted by atomic mass is 10.0. The number of rotatable bonds is 6. The van der Waals surface area contributed by atoms with Crippen molar-refractivity contribution in [3.63, 3.8) is 0 Å². The van der Waals surface area contributed by atoms with Gasteiger partial charge < -0.3 is 15.4 Å². The average molecular weight is 436 g/mol. The normalized spacial score (nSPS) is 21.3. The van der Waals surface area contributed by atoms with E-state index >= 15 is 0 Å². The van der Waals surface area contributed by atoms with Crippen LogP contribution in [0.4, 0.5) is 0 Å². The molecule has 23 heavy (non-hydrogen) atoms. The maximum Gasteiger partial charge on any atom is 0.191 e. The minimum absolute atomic E-state index is 0. The summed E-state index contributed by atoms with van der Waals surface area (Å²) in [4.78, 5) is 7.38. The highest BCUT2D eigenvalue weighted by Gasteiger charge is 2.23. The lowest BCUT2D eigenvalue weighted by Gasteiger charge is -2.36. The topological polar surface area (TPSA) is 48.9 Å². The van der Waals surface area contributed by atoms with Gasteiger partial charge in [-0.1, -0.05) is 26.0 Å². The summed E-state index contributed by atoms with van der Waals surface area (Å²) in [6.07, 6.45) is 6.68. The summed E-state index contributed by atoms with van der Waals surface area (Å²) in [6.45, 7) is 12.2. The molecule has 5 nitrogen and oxygen atoms in total. The summed E-state index contributed by atoms with van der Waals surface area (Å²) < 4.78 is 5.47. The summed E-state index contributed by atoms with van der Waals surface area (Å²) in [5.74, 6) is 1.55. The van der Waals surface area contributed by atoms with Crippen LogP contribution in [0.25, 0.3) is 0 Å². The molecule has 2 aliphatic rings. The van der Waals surface area contributed by atoms with Crippen molar-refractivity contribution in [1.29, 1.82) is 0 Å². The van der Waals surface area contributed by atoms with Crippen LogP contribution < -0.4 is 10.6 Å². The Labute approximate surface area is 158 Å². The lowest BCUT2D eigenvalue weighted by Crippen LogP contribution is -2.48. The Morgan fingerprint density at radius 1 is 1.26 bits per heavy atom. The molecule has 1 fully saturated rings. The zero-order valence-corrected chi connectivity index (χ0v) is 17.1. The van der Waals surface area contributed by atoms with Crippen LogP contribution in [-0.4, -0.2) is 62.3 Å². The van der Waals surface area contributed by atoms with E-state index in [2.05, 4.69) is 48.5 Å². The third kappa shape index (κ3) is 6.97. The van der Waals surface area contributed by atoms with E-state index in [4.69, 9.17) is 9.73 Å². The highest BCUT2D eigenvalue weighted by molar-refractivity contribution is 14.0. The molecule has 2 rings (SSSR count). The molecular weight excluding hydrogens is 403 g/mol. The van der Waals surface area contributed by atoms with Crippen molar-refractivity contribution in [2.75, 3.05) is 39.4 Å². The molecule has 1 saturated heterocycles. The maximum absolute atomic E-state index is 5.47. The molecule has 1 aliphatic heterocycles. The molecular formula is C17H33IN4O. The number of hydrogen-bond donors (Lipinski definition) is 2. The average Bonchev–Trinajstić information content (AvgIpc) is 3.01. The van der Waals surface area contributed by atoms with Crippen LogP contribution in [0.15, 0.2) is 17.1 Å². The second-order valence-electron chi connectivity index (χ2n) is 6.46. The van der Waals surface area contributed by atoms with Gasteiger partial charge in [-0.15, -0.1) is 24.0 Å². The number of morpholine rings is 1. The molecule has 0 aromatic rings. The molecule has 0 amide bonds. The van der Waals surface area contributed by atoms with Gasteiger partial charge in [-0.25, -0.2) is 0 Å². The molecule has 0 radical (unpaired) electrons. The van der Waals surface area contributed by atoms with Crippen molar-refractivity contribution >= 4 is 29.9 Å². The molecule has 0 saturated carbocycles. The summed E-state index contributed by atoms with van der Waals surface area (Å²) in [5.41, 5.74) is 0. The van der Waals surface area contributed by atoms with Crippen molar-refractivity contribution in [2.24, 2.45) is 10.9 Å². The van der Waals surface area contributed by atoms with Crippen molar-refractivity contribution in [3.05, 3.63) is 12.2 Å². The van der Waals surface area contributed by atoms with Gasteiger partial charge in [0.15, 0.2) is 5.96 Å². The first-order valence-corrected chi connectivity index (χ1v) is 8.72. The van der Waals surface area contributed by atoms with Crippen molar-refractivity contribution in [2.45, 2.75) is 45.7 Å². The monoisotopic (exact) mass is 436 g/mol. The molecule has 0 aromatic heterocycles. The third-order valence-electron chi connectivity index (χ3n) is 4.41. The molecule has 134 valence electrons. The number of nitrogens with zero attached hydrogens (tertiary/aromatic N) is 2. The lowest BCUT2D eigenvalue weighted by molar-refractivity contribution is 0.00867. The van der Waals surface area contributed by atoms with Gasteiger partial charge in [0.05, 0.1) is 19.8 Å². The standard InChI is InChI=1S/C17H32N4O.HI/c1-4-18-17(20-15-7-5-6-8-15)19-13-16(14(2)3)21-9-11-22-12-10-21;/h5-6,14-16H,4,7-13H2,1-3H3,(H2,18,19,20);1H. The number of guanidine groups is 1. The molecule has 1 aliphatic carbocycles. The summed E-state index contributed by atoms with van der Waals surface area (Å²) in [6, 6.07) is 0.986. The minimum Gasteiger partial charge on any atom is -0.379 e. The Balaban J connectivity index is 0.00000264. The molecule has 0 aromatic carbocycles. The van der Waals surface area contributed by atoms with Gasteiger partial charge in [0.1, 0.15) is 0 Å². The number of aliphatic imine (C=N–C) groups is 1. The van der Waals surface area contributed by atoms with Gasteiger partial charge in [-0.2, -0.15) is 0 Å². The fourth-order valence-electron chi connectivity index (χ4n) is 3.09. The number of ether oxygens (including phenoxy) is 1. The summed E-state index contributed by atoms with van der Waals surface area (Å²) in [7, 11) is 0. The summed E-state index contributed by atoms with van der Waals surface area (Å²) >= 11 is 0. The highest BCUT2D eigenvalue weighted by atomic mass is 127. The van der Waals surface area contributed by atoms with Crippen LogP contribution in [0.3, 0.4) is 0 Å². The molecule has 1 atom stereocenters. The Kier molecular flexibility index (Phi) is 10.1. The molecule has 0 spiro atoms. The van der Waals surface area contributed by atoms with Crippen molar-refractivity contribution in [3.8, 4) is 0 Å². The molecule has 1 unspecified atom stereocenters. The fourth-order valence-corrected chi connectivity index (χ4v) is 3.09.